The highest BCUT2D eigenvalue weighted by Crippen LogP contribution is 2.28. The molecule has 0 radical (unpaired) electrons. The van der Waals surface area contributed by atoms with Crippen LogP contribution >= 0.6 is 11.6 Å². The van der Waals surface area contributed by atoms with Crippen LogP contribution in [0, 0.1) is 24.4 Å². The summed E-state index contributed by atoms with van der Waals surface area (Å²) in [4.78, 5) is 7.29. The third kappa shape index (κ3) is 2.10. The number of nitrogens with zero attached hydrogens (tertiary/aromatic N) is 2. The van der Waals surface area contributed by atoms with Crippen molar-refractivity contribution in [3.05, 3.63) is 46.6 Å². The van der Waals surface area contributed by atoms with Crippen LogP contribution in [0.25, 0.3) is 11.3 Å². The van der Waals surface area contributed by atoms with E-state index in [1.54, 1.807) is 0 Å². The first kappa shape index (κ1) is 11.9. The van der Waals surface area contributed by atoms with Crippen LogP contribution in [-0.4, -0.2) is 9.97 Å². The molecule has 0 N–H and O–H groups in total. The second-order valence-corrected chi connectivity index (χ2v) is 3.70. The van der Waals surface area contributed by atoms with Crippen LogP contribution in [0.15, 0.2) is 18.3 Å². The normalized spacial score (nSPS) is 10.6. The van der Waals surface area contributed by atoms with Gasteiger partial charge in [0.2, 0.25) is 5.28 Å². The maximum absolute atomic E-state index is 13.8. The molecular weight excluding hydrogens is 253 g/mol. The van der Waals surface area contributed by atoms with E-state index < -0.39 is 23.0 Å². The van der Waals surface area contributed by atoms with Crippen molar-refractivity contribution < 1.29 is 13.2 Å². The molecule has 1 aromatic carbocycles. The van der Waals surface area contributed by atoms with E-state index >= 15 is 0 Å². The zero-order chi connectivity index (χ0) is 12.6. The molecule has 1 aromatic heterocycles. The molecule has 0 aliphatic heterocycles. The van der Waals surface area contributed by atoms with Gasteiger partial charge < -0.3 is 0 Å². The van der Waals surface area contributed by atoms with Gasteiger partial charge >= 0.3 is 0 Å². The lowest BCUT2D eigenvalue weighted by molar-refractivity contribution is 0.536. The van der Waals surface area contributed by atoms with Crippen molar-refractivity contribution >= 4 is 11.6 Å². The quantitative estimate of drug-likeness (QED) is 0.732. The molecule has 17 heavy (non-hydrogen) atoms. The summed E-state index contributed by atoms with van der Waals surface area (Å²) in [7, 11) is 0. The van der Waals surface area contributed by atoms with Crippen LogP contribution in [0.4, 0.5) is 13.2 Å². The molecule has 2 nitrogen and oxygen atoms in total. The summed E-state index contributed by atoms with van der Waals surface area (Å²) in [5.74, 6) is -2.96. The standard InChI is InChI=1S/C11H6ClF3N2/c1-5-6(13)4-7(14)9(10(5)15)8-2-3-16-11(12)17-8/h2-4H,1H3. The molecule has 0 saturated heterocycles. The highest BCUT2D eigenvalue weighted by atomic mass is 35.5. The number of rotatable bonds is 1. The van der Waals surface area contributed by atoms with Gasteiger partial charge in [-0.15, -0.1) is 0 Å². The van der Waals surface area contributed by atoms with E-state index in [1.807, 2.05) is 0 Å². The molecule has 0 atom stereocenters. The van der Waals surface area contributed by atoms with Gasteiger partial charge in [0.1, 0.15) is 17.5 Å². The Morgan fingerprint density at radius 2 is 1.88 bits per heavy atom. The Balaban J connectivity index is 2.72. The monoisotopic (exact) mass is 258 g/mol. The summed E-state index contributed by atoms with van der Waals surface area (Å²) < 4.78 is 40.4. The maximum atomic E-state index is 13.8. The van der Waals surface area contributed by atoms with Crippen LogP contribution in [-0.2, 0) is 0 Å². The van der Waals surface area contributed by atoms with E-state index in [2.05, 4.69) is 9.97 Å². The molecule has 0 aliphatic carbocycles. The summed E-state index contributed by atoms with van der Waals surface area (Å²) in [6, 6.07) is 1.91. The van der Waals surface area contributed by atoms with Crippen LogP contribution in [0.1, 0.15) is 5.56 Å². The van der Waals surface area contributed by atoms with Gasteiger partial charge in [0.15, 0.2) is 0 Å². The average molecular weight is 259 g/mol. The molecule has 0 aliphatic rings. The molecule has 0 fully saturated rings. The fourth-order valence-corrected chi connectivity index (χ4v) is 1.55. The molecule has 2 rings (SSSR count). The average Bonchev–Trinajstić information content (AvgIpc) is 2.26. The van der Waals surface area contributed by atoms with Gasteiger partial charge in [-0.2, -0.15) is 0 Å². The number of halogens is 4. The third-order valence-corrected chi connectivity index (χ3v) is 2.46. The van der Waals surface area contributed by atoms with Crippen LogP contribution < -0.4 is 0 Å². The zero-order valence-electron chi connectivity index (χ0n) is 8.64. The maximum Gasteiger partial charge on any atom is 0.222 e. The predicted octanol–water partition coefficient (Wildman–Crippen LogP) is 3.52. The second kappa shape index (κ2) is 4.33. The molecule has 6 heteroatoms. The van der Waals surface area contributed by atoms with Crippen LogP contribution in [0.5, 0.6) is 0 Å². The van der Waals surface area contributed by atoms with Gasteiger partial charge in [0.25, 0.3) is 0 Å². The van der Waals surface area contributed by atoms with Crippen molar-refractivity contribution in [1.29, 1.82) is 0 Å². The fourth-order valence-electron chi connectivity index (χ4n) is 1.40. The predicted molar refractivity (Wildman–Crippen MR) is 57.1 cm³/mol. The summed E-state index contributed by atoms with van der Waals surface area (Å²) >= 11 is 5.53. The summed E-state index contributed by atoms with van der Waals surface area (Å²) in [5.41, 5.74) is -0.701. The Bertz CT molecular complexity index is 587. The number of hydrogen-bond donors (Lipinski definition) is 0. The molecule has 0 saturated carbocycles. The Hall–Kier alpha value is -1.62. The van der Waals surface area contributed by atoms with Crippen LogP contribution in [0.3, 0.4) is 0 Å². The summed E-state index contributed by atoms with van der Waals surface area (Å²) in [6.45, 7) is 1.22. The van der Waals surface area contributed by atoms with Gasteiger partial charge in [-0.05, 0) is 24.6 Å². The van der Waals surface area contributed by atoms with E-state index in [0.29, 0.717) is 6.07 Å². The molecule has 2 aromatic rings. The lowest BCUT2D eigenvalue weighted by atomic mass is 10.1. The van der Waals surface area contributed by atoms with Gasteiger partial charge in [-0.1, -0.05) is 0 Å². The number of aromatic nitrogens is 2. The zero-order valence-corrected chi connectivity index (χ0v) is 9.39. The van der Waals surface area contributed by atoms with Crippen molar-refractivity contribution in [3.63, 3.8) is 0 Å². The van der Waals surface area contributed by atoms with E-state index in [4.69, 9.17) is 11.6 Å². The molecule has 88 valence electrons. The first-order valence-electron chi connectivity index (χ1n) is 4.63. The highest BCUT2D eigenvalue weighted by Gasteiger charge is 2.18. The Morgan fingerprint density at radius 3 is 2.53 bits per heavy atom. The van der Waals surface area contributed by atoms with Crippen molar-refractivity contribution in [1.82, 2.24) is 9.97 Å². The van der Waals surface area contributed by atoms with E-state index in [1.165, 1.54) is 19.2 Å². The summed E-state index contributed by atoms with van der Waals surface area (Å²) in [6.07, 6.45) is 1.27. The van der Waals surface area contributed by atoms with E-state index in [-0.39, 0.29) is 16.5 Å². The number of hydrogen-bond acceptors (Lipinski definition) is 2. The first-order chi connectivity index (χ1) is 8.00. The van der Waals surface area contributed by atoms with Crippen molar-refractivity contribution in [3.8, 4) is 11.3 Å². The topological polar surface area (TPSA) is 25.8 Å². The Morgan fingerprint density at radius 1 is 1.18 bits per heavy atom. The van der Waals surface area contributed by atoms with Gasteiger partial charge in [0.05, 0.1) is 11.3 Å². The molecule has 0 spiro atoms. The van der Waals surface area contributed by atoms with Crippen molar-refractivity contribution in [2.75, 3.05) is 0 Å². The minimum absolute atomic E-state index is 0.0249. The fraction of sp³-hybridized carbons (Fsp3) is 0.0909. The molecule has 1 heterocycles. The lowest BCUT2D eigenvalue weighted by Crippen LogP contribution is -1.99. The Kier molecular flexibility index (Phi) is 3.02. The smallest absolute Gasteiger partial charge is 0.222 e. The second-order valence-electron chi connectivity index (χ2n) is 3.37. The molecule has 0 amide bonds. The molecule has 0 unspecified atom stereocenters. The van der Waals surface area contributed by atoms with Gasteiger partial charge in [-0.25, -0.2) is 23.1 Å². The first-order valence-corrected chi connectivity index (χ1v) is 5.01. The Labute approximate surface area is 100 Å². The third-order valence-electron chi connectivity index (χ3n) is 2.28. The minimum Gasteiger partial charge on any atom is -0.226 e. The largest absolute Gasteiger partial charge is 0.226 e. The molecule has 0 bridgehead atoms. The van der Waals surface area contributed by atoms with Gasteiger partial charge in [0, 0.05) is 17.8 Å². The van der Waals surface area contributed by atoms with E-state index in [9.17, 15) is 13.2 Å². The van der Waals surface area contributed by atoms with Crippen LogP contribution in [0.2, 0.25) is 5.28 Å². The minimum atomic E-state index is -1.03. The van der Waals surface area contributed by atoms with E-state index in [0.717, 1.165) is 0 Å². The highest BCUT2D eigenvalue weighted by molar-refractivity contribution is 6.28. The van der Waals surface area contributed by atoms with Crippen molar-refractivity contribution in [2.45, 2.75) is 6.92 Å². The number of benzene rings is 1. The van der Waals surface area contributed by atoms with Gasteiger partial charge in [-0.3, -0.25) is 0 Å². The van der Waals surface area contributed by atoms with Crippen molar-refractivity contribution in [2.24, 2.45) is 0 Å². The SMILES string of the molecule is Cc1c(F)cc(F)c(-c2ccnc(Cl)n2)c1F. The summed E-state index contributed by atoms with van der Waals surface area (Å²) in [5, 5.41) is -0.136. The molecular formula is C11H6ClF3N2. The lowest BCUT2D eigenvalue weighted by Gasteiger charge is -2.07.